The van der Waals surface area contributed by atoms with Gasteiger partial charge in [0, 0.05) is 17.3 Å². The van der Waals surface area contributed by atoms with Gasteiger partial charge in [-0.1, -0.05) is 56.2 Å². The lowest BCUT2D eigenvalue weighted by Crippen LogP contribution is -2.25. The molecule has 0 unspecified atom stereocenters. The van der Waals surface area contributed by atoms with Gasteiger partial charge in [-0.05, 0) is 37.5 Å². The number of halogens is 2. The number of aromatic nitrogens is 1. The Morgan fingerprint density at radius 1 is 1.03 bits per heavy atom. The van der Waals surface area contributed by atoms with Crippen LogP contribution in [0.1, 0.15) is 54.6 Å². The molecule has 6 heteroatoms. The van der Waals surface area contributed by atoms with Crippen LogP contribution in [-0.4, -0.2) is 11.2 Å². The zero-order valence-electron chi connectivity index (χ0n) is 18.6. The molecule has 3 rings (SSSR count). The molecule has 0 aliphatic carbocycles. The summed E-state index contributed by atoms with van der Waals surface area (Å²) in [5.74, 6) is -1.06. The quantitative estimate of drug-likeness (QED) is 0.436. The molecule has 0 amide bonds. The largest absolute Gasteiger partial charge is 0.486 e. The summed E-state index contributed by atoms with van der Waals surface area (Å²) in [6.45, 7) is 3.90. The van der Waals surface area contributed by atoms with Crippen LogP contribution in [0.25, 0.3) is 0 Å². The Bertz CT molecular complexity index is 1080. The van der Waals surface area contributed by atoms with Crippen molar-refractivity contribution < 1.29 is 13.5 Å². The Hall–Kier alpha value is -2.99. The van der Waals surface area contributed by atoms with E-state index in [1.807, 2.05) is 30.3 Å². The van der Waals surface area contributed by atoms with Gasteiger partial charge in [0.1, 0.15) is 18.2 Å². The summed E-state index contributed by atoms with van der Waals surface area (Å²) < 4.78 is 36.2. The normalized spacial score (nSPS) is 12.0. The summed E-state index contributed by atoms with van der Waals surface area (Å²) in [6.07, 6.45) is 5.14. The highest BCUT2D eigenvalue weighted by molar-refractivity contribution is 5.34. The summed E-state index contributed by atoms with van der Waals surface area (Å²) in [6, 6.07) is 12.9. The zero-order valence-corrected chi connectivity index (χ0v) is 18.6. The molecular weight excluding hydrogens is 410 g/mol. The van der Waals surface area contributed by atoms with Gasteiger partial charge >= 0.3 is 0 Å². The number of pyridine rings is 1. The van der Waals surface area contributed by atoms with Crippen LogP contribution in [0.2, 0.25) is 0 Å². The lowest BCUT2D eigenvalue weighted by atomic mass is 10.1. The van der Waals surface area contributed by atoms with Crippen LogP contribution in [0.3, 0.4) is 0 Å². The summed E-state index contributed by atoms with van der Waals surface area (Å²) in [5, 5.41) is 0. The van der Waals surface area contributed by atoms with Gasteiger partial charge in [-0.3, -0.25) is 4.79 Å². The SMILES string of the molecule is CCCCCc1cn(Cc2c(F)cccc2F)c(C)c(OC[C@H](N)c2ccccc2)c1=O. The van der Waals surface area contributed by atoms with Gasteiger partial charge in [0.25, 0.3) is 0 Å². The van der Waals surface area contributed by atoms with E-state index in [-0.39, 0.29) is 29.9 Å². The minimum absolute atomic E-state index is 0.0352. The van der Waals surface area contributed by atoms with Crippen molar-refractivity contribution in [2.24, 2.45) is 5.73 Å². The molecule has 170 valence electrons. The molecule has 0 bridgehead atoms. The van der Waals surface area contributed by atoms with Gasteiger partial charge < -0.3 is 15.0 Å². The Labute approximate surface area is 187 Å². The molecule has 0 aliphatic heterocycles. The summed E-state index contributed by atoms with van der Waals surface area (Å²) in [7, 11) is 0. The molecular formula is C26H30F2N2O2. The smallest absolute Gasteiger partial charge is 0.226 e. The van der Waals surface area contributed by atoms with Crippen molar-refractivity contribution in [2.75, 3.05) is 6.61 Å². The van der Waals surface area contributed by atoms with Crippen molar-refractivity contribution in [3.05, 3.63) is 99.0 Å². The third kappa shape index (κ3) is 5.62. The Balaban J connectivity index is 1.94. The van der Waals surface area contributed by atoms with Crippen LogP contribution in [-0.2, 0) is 13.0 Å². The fourth-order valence-electron chi connectivity index (χ4n) is 3.69. The molecule has 1 aromatic heterocycles. The first-order chi connectivity index (χ1) is 15.4. The predicted octanol–water partition coefficient (Wildman–Crippen LogP) is 5.29. The van der Waals surface area contributed by atoms with E-state index in [1.54, 1.807) is 17.7 Å². The minimum atomic E-state index is -0.621. The van der Waals surface area contributed by atoms with Crippen LogP contribution in [0.15, 0.2) is 59.5 Å². The van der Waals surface area contributed by atoms with Gasteiger partial charge in [0.15, 0.2) is 5.75 Å². The lowest BCUT2D eigenvalue weighted by molar-refractivity contribution is 0.282. The van der Waals surface area contributed by atoms with Crippen LogP contribution in [0.4, 0.5) is 8.78 Å². The number of ether oxygens (including phenoxy) is 1. The van der Waals surface area contributed by atoms with E-state index in [0.717, 1.165) is 24.8 Å². The third-order valence-electron chi connectivity index (χ3n) is 5.64. The summed E-state index contributed by atoms with van der Waals surface area (Å²) in [5.41, 5.74) is 7.99. The molecule has 0 fully saturated rings. The molecule has 0 aliphatic rings. The molecule has 1 atom stereocenters. The van der Waals surface area contributed by atoms with E-state index in [2.05, 4.69) is 6.92 Å². The van der Waals surface area contributed by atoms with Crippen molar-refractivity contribution in [1.29, 1.82) is 0 Å². The first-order valence-corrected chi connectivity index (χ1v) is 11.0. The van der Waals surface area contributed by atoms with E-state index >= 15 is 0 Å². The number of nitrogens with zero attached hydrogens (tertiary/aromatic N) is 1. The molecule has 1 heterocycles. The van der Waals surface area contributed by atoms with Crippen LogP contribution in [0, 0.1) is 18.6 Å². The predicted molar refractivity (Wildman–Crippen MR) is 123 cm³/mol. The van der Waals surface area contributed by atoms with Gasteiger partial charge in [-0.25, -0.2) is 8.78 Å². The lowest BCUT2D eigenvalue weighted by Gasteiger charge is -2.20. The fourth-order valence-corrected chi connectivity index (χ4v) is 3.69. The maximum Gasteiger partial charge on any atom is 0.226 e. The van der Waals surface area contributed by atoms with Gasteiger partial charge in [0.2, 0.25) is 5.43 Å². The Kier molecular flexibility index (Phi) is 8.17. The van der Waals surface area contributed by atoms with Crippen molar-refractivity contribution in [2.45, 2.75) is 52.1 Å². The average molecular weight is 441 g/mol. The standard InChI is InChI=1S/C26H30F2N2O2/c1-3-4-6-12-20-15-30(16-21-22(27)13-9-14-23(21)28)18(2)26(25(20)31)32-17-24(29)19-10-7-5-8-11-19/h5,7-11,13-15,24H,3-4,6,12,16-17,29H2,1-2H3/t24-/m0/s1. The van der Waals surface area contributed by atoms with Crippen molar-refractivity contribution in [3.63, 3.8) is 0 Å². The van der Waals surface area contributed by atoms with E-state index in [9.17, 15) is 13.6 Å². The van der Waals surface area contributed by atoms with Crippen LogP contribution in [0.5, 0.6) is 5.75 Å². The number of unbranched alkanes of at least 4 members (excludes halogenated alkanes) is 2. The molecule has 2 N–H and O–H groups in total. The number of hydrogen-bond donors (Lipinski definition) is 1. The molecule has 0 saturated heterocycles. The van der Waals surface area contributed by atoms with Gasteiger partial charge in [-0.15, -0.1) is 0 Å². The van der Waals surface area contributed by atoms with E-state index < -0.39 is 17.7 Å². The number of nitrogens with two attached hydrogens (primary N) is 1. The van der Waals surface area contributed by atoms with Crippen LogP contribution < -0.4 is 15.9 Å². The third-order valence-corrected chi connectivity index (χ3v) is 5.64. The number of benzene rings is 2. The Morgan fingerprint density at radius 2 is 1.72 bits per heavy atom. The van der Waals surface area contributed by atoms with E-state index in [4.69, 9.17) is 10.5 Å². The highest BCUT2D eigenvalue weighted by atomic mass is 19.1. The topological polar surface area (TPSA) is 57.2 Å². The van der Waals surface area contributed by atoms with Crippen molar-refractivity contribution in [1.82, 2.24) is 4.57 Å². The zero-order chi connectivity index (χ0) is 23.1. The van der Waals surface area contributed by atoms with E-state index in [1.165, 1.54) is 18.2 Å². The molecule has 32 heavy (non-hydrogen) atoms. The minimum Gasteiger partial charge on any atom is -0.486 e. The molecule has 3 aromatic rings. The first kappa shape index (κ1) is 23.7. The average Bonchev–Trinajstić information content (AvgIpc) is 2.79. The highest BCUT2D eigenvalue weighted by Crippen LogP contribution is 2.21. The number of aryl methyl sites for hydroxylation is 1. The number of rotatable bonds is 10. The monoisotopic (exact) mass is 440 g/mol. The molecule has 4 nitrogen and oxygen atoms in total. The van der Waals surface area contributed by atoms with Gasteiger partial charge in [-0.2, -0.15) is 0 Å². The molecule has 0 spiro atoms. The van der Waals surface area contributed by atoms with Crippen molar-refractivity contribution >= 4 is 0 Å². The maximum atomic E-state index is 14.3. The van der Waals surface area contributed by atoms with E-state index in [0.29, 0.717) is 17.7 Å². The maximum absolute atomic E-state index is 14.3. The molecule has 0 radical (unpaired) electrons. The summed E-state index contributed by atoms with van der Waals surface area (Å²) >= 11 is 0. The first-order valence-electron chi connectivity index (χ1n) is 11.0. The number of hydrogen-bond acceptors (Lipinski definition) is 3. The highest BCUT2D eigenvalue weighted by Gasteiger charge is 2.18. The Morgan fingerprint density at radius 3 is 2.38 bits per heavy atom. The summed E-state index contributed by atoms with van der Waals surface area (Å²) in [4.78, 5) is 13.1. The second-order valence-electron chi connectivity index (χ2n) is 8.01. The molecule has 0 saturated carbocycles. The fraction of sp³-hybridized carbons (Fsp3) is 0.346. The van der Waals surface area contributed by atoms with Crippen molar-refractivity contribution in [3.8, 4) is 5.75 Å². The second kappa shape index (κ2) is 11.0. The molecule has 2 aromatic carbocycles. The second-order valence-corrected chi connectivity index (χ2v) is 8.01. The van der Waals surface area contributed by atoms with Crippen LogP contribution >= 0.6 is 0 Å². The van der Waals surface area contributed by atoms with Gasteiger partial charge in [0.05, 0.1) is 18.3 Å².